The number of hydrogen-bond acceptors (Lipinski definition) is 5. The Kier molecular flexibility index (Phi) is 4.70. The van der Waals surface area contributed by atoms with Crippen LogP contribution in [0.2, 0.25) is 0 Å². The number of amides is 1. The molecule has 1 atom stereocenters. The summed E-state index contributed by atoms with van der Waals surface area (Å²) in [4.78, 5) is 22.7. The van der Waals surface area contributed by atoms with E-state index in [0.717, 1.165) is 24.9 Å². The van der Waals surface area contributed by atoms with Gasteiger partial charge in [0.1, 0.15) is 5.56 Å². The molecule has 27 heavy (non-hydrogen) atoms. The highest BCUT2D eigenvalue weighted by molar-refractivity contribution is 5.99. The lowest BCUT2D eigenvalue weighted by Gasteiger charge is -2.34. The molecule has 0 aliphatic carbocycles. The van der Waals surface area contributed by atoms with Gasteiger partial charge in [-0.1, -0.05) is 0 Å². The quantitative estimate of drug-likeness (QED) is 0.764. The molecule has 7 nitrogen and oxygen atoms in total. The van der Waals surface area contributed by atoms with Gasteiger partial charge in [-0.05, 0) is 37.3 Å². The van der Waals surface area contributed by atoms with Crippen molar-refractivity contribution in [3.05, 3.63) is 54.0 Å². The zero-order valence-corrected chi connectivity index (χ0v) is 15.1. The van der Waals surface area contributed by atoms with Gasteiger partial charge in [-0.3, -0.25) is 9.78 Å². The zero-order valence-electron chi connectivity index (χ0n) is 15.1. The lowest BCUT2D eigenvalue weighted by Crippen LogP contribution is -2.41. The Morgan fingerprint density at radius 1 is 1.37 bits per heavy atom. The molecule has 1 N–H and O–H groups in total. The van der Waals surface area contributed by atoms with Gasteiger partial charge in [0.05, 0.1) is 18.1 Å². The first-order valence-electron chi connectivity index (χ1n) is 9.04. The molecule has 1 saturated heterocycles. The maximum atomic E-state index is 14.0. The second-order valence-corrected chi connectivity index (χ2v) is 6.95. The number of pyridine rings is 1. The van der Waals surface area contributed by atoms with Crippen molar-refractivity contribution in [1.29, 1.82) is 0 Å². The van der Waals surface area contributed by atoms with Crippen molar-refractivity contribution in [3.8, 4) is 0 Å². The Morgan fingerprint density at radius 2 is 2.26 bits per heavy atom. The summed E-state index contributed by atoms with van der Waals surface area (Å²) in [5, 5.41) is 7.18. The van der Waals surface area contributed by atoms with Gasteiger partial charge in [0.25, 0.3) is 5.91 Å². The number of hydrogen-bond donors (Lipinski definition) is 1. The smallest absolute Gasteiger partial charge is 0.256 e. The van der Waals surface area contributed by atoms with Crippen LogP contribution in [0, 0.1) is 18.7 Å². The van der Waals surface area contributed by atoms with Gasteiger partial charge < -0.3 is 10.2 Å². The summed E-state index contributed by atoms with van der Waals surface area (Å²) in [6, 6.07) is 1.70. The van der Waals surface area contributed by atoms with Gasteiger partial charge in [0.2, 0.25) is 0 Å². The number of aromatic nitrogens is 4. The van der Waals surface area contributed by atoms with Gasteiger partial charge in [-0.15, -0.1) is 0 Å². The van der Waals surface area contributed by atoms with Gasteiger partial charge in [0, 0.05) is 38.2 Å². The van der Waals surface area contributed by atoms with Gasteiger partial charge >= 0.3 is 0 Å². The zero-order chi connectivity index (χ0) is 18.8. The molecule has 3 aromatic heterocycles. The fraction of sp³-hybridized carbons (Fsp3) is 0.368. The van der Waals surface area contributed by atoms with Gasteiger partial charge in [-0.2, -0.15) is 5.10 Å². The van der Waals surface area contributed by atoms with Crippen LogP contribution in [-0.4, -0.2) is 45.1 Å². The average molecular weight is 368 g/mol. The summed E-state index contributed by atoms with van der Waals surface area (Å²) in [6.45, 7) is 3.97. The van der Waals surface area contributed by atoms with E-state index in [4.69, 9.17) is 0 Å². The first-order chi connectivity index (χ1) is 13.1. The first-order valence-corrected chi connectivity index (χ1v) is 9.04. The van der Waals surface area contributed by atoms with Crippen LogP contribution in [0.25, 0.3) is 5.65 Å². The molecule has 3 aromatic rings. The molecule has 140 valence electrons. The third-order valence-corrected chi connectivity index (χ3v) is 4.89. The molecule has 0 bridgehead atoms. The van der Waals surface area contributed by atoms with Crippen molar-refractivity contribution < 1.29 is 9.18 Å². The number of nitrogens with one attached hydrogen (secondary N) is 1. The topological polar surface area (TPSA) is 75.4 Å². The number of nitrogens with zero attached hydrogens (tertiary/aromatic N) is 5. The minimum Gasteiger partial charge on any atom is -0.369 e. The average Bonchev–Trinajstić information content (AvgIpc) is 3.10. The Bertz CT molecular complexity index is 972. The van der Waals surface area contributed by atoms with Crippen molar-refractivity contribution in [3.63, 3.8) is 0 Å². The number of fused-ring (bicyclic) bond motifs is 1. The summed E-state index contributed by atoms with van der Waals surface area (Å²) >= 11 is 0. The van der Waals surface area contributed by atoms with Crippen molar-refractivity contribution in [2.24, 2.45) is 5.92 Å². The predicted molar refractivity (Wildman–Crippen MR) is 99.2 cm³/mol. The Balaban J connectivity index is 1.40. The predicted octanol–water partition coefficient (Wildman–Crippen LogP) is 2.22. The highest BCUT2D eigenvalue weighted by atomic mass is 19.1. The molecule has 4 heterocycles. The van der Waals surface area contributed by atoms with Crippen LogP contribution >= 0.6 is 0 Å². The van der Waals surface area contributed by atoms with Crippen LogP contribution in [0.4, 0.5) is 10.1 Å². The fourth-order valence-electron chi connectivity index (χ4n) is 3.54. The van der Waals surface area contributed by atoms with E-state index < -0.39 is 0 Å². The number of piperidine rings is 1. The van der Waals surface area contributed by atoms with Crippen LogP contribution in [-0.2, 0) is 0 Å². The van der Waals surface area contributed by atoms with E-state index in [1.165, 1.54) is 12.4 Å². The number of aryl methyl sites for hydroxylation is 1. The van der Waals surface area contributed by atoms with E-state index in [-0.39, 0.29) is 17.6 Å². The number of anilines is 1. The van der Waals surface area contributed by atoms with E-state index in [9.17, 15) is 9.18 Å². The Morgan fingerprint density at radius 3 is 3.11 bits per heavy atom. The number of rotatable bonds is 4. The molecule has 8 heteroatoms. The minimum atomic E-state index is -0.310. The van der Waals surface area contributed by atoms with Gasteiger partial charge in [-0.25, -0.2) is 13.9 Å². The molecular weight excluding hydrogens is 347 g/mol. The molecule has 0 saturated carbocycles. The summed E-state index contributed by atoms with van der Waals surface area (Å²) in [5.74, 6) is -0.240. The van der Waals surface area contributed by atoms with Crippen molar-refractivity contribution >= 4 is 17.2 Å². The molecule has 1 unspecified atom stereocenters. The first kappa shape index (κ1) is 17.4. The number of carbonyl (C=O) groups is 1. The van der Waals surface area contributed by atoms with E-state index in [1.54, 1.807) is 23.0 Å². The molecule has 1 aliphatic rings. The van der Waals surface area contributed by atoms with E-state index in [1.807, 2.05) is 18.0 Å². The molecule has 0 radical (unpaired) electrons. The van der Waals surface area contributed by atoms with E-state index in [0.29, 0.717) is 30.0 Å². The Hall–Kier alpha value is -3.03. The molecular formula is C19H21FN6O. The summed E-state index contributed by atoms with van der Waals surface area (Å²) in [6.07, 6.45) is 9.88. The standard InChI is InChI=1S/C19H21FN6O/c1-13-7-22-18-15(9-24-26(18)11-13)19(27)23-8-14-3-2-6-25(12-14)17-4-5-21-10-16(17)20/h4-5,7,9-11,14H,2-3,6,8,12H2,1H3,(H,23,27). The van der Waals surface area contributed by atoms with Crippen molar-refractivity contribution in [2.75, 3.05) is 24.5 Å². The minimum absolute atomic E-state index is 0.187. The highest BCUT2D eigenvalue weighted by Crippen LogP contribution is 2.24. The van der Waals surface area contributed by atoms with Crippen LogP contribution < -0.4 is 10.2 Å². The van der Waals surface area contributed by atoms with Crippen LogP contribution in [0.3, 0.4) is 0 Å². The molecule has 0 aromatic carbocycles. The van der Waals surface area contributed by atoms with Crippen molar-refractivity contribution in [1.82, 2.24) is 24.9 Å². The second-order valence-electron chi connectivity index (χ2n) is 6.95. The molecule has 1 amide bonds. The SMILES string of the molecule is Cc1cnc2c(C(=O)NCC3CCCN(c4ccncc4F)C3)cnn2c1. The second kappa shape index (κ2) is 7.30. The van der Waals surface area contributed by atoms with Crippen LogP contribution in [0.5, 0.6) is 0 Å². The Labute approximate surface area is 156 Å². The van der Waals surface area contributed by atoms with Crippen molar-refractivity contribution in [2.45, 2.75) is 19.8 Å². The number of carbonyl (C=O) groups excluding carboxylic acids is 1. The van der Waals surface area contributed by atoms with E-state index in [2.05, 4.69) is 20.4 Å². The van der Waals surface area contributed by atoms with Gasteiger partial charge in [0.15, 0.2) is 11.5 Å². The monoisotopic (exact) mass is 368 g/mol. The maximum absolute atomic E-state index is 14.0. The number of halogens is 1. The molecule has 4 rings (SSSR count). The largest absolute Gasteiger partial charge is 0.369 e. The third-order valence-electron chi connectivity index (χ3n) is 4.89. The summed E-state index contributed by atoms with van der Waals surface area (Å²) < 4.78 is 15.6. The highest BCUT2D eigenvalue weighted by Gasteiger charge is 2.23. The lowest BCUT2D eigenvalue weighted by atomic mass is 9.97. The normalized spacial score (nSPS) is 17.3. The molecule has 1 aliphatic heterocycles. The summed E-state index contributed by atoms with van der Waals surface area (Å²) in [5.41, 5.74) is 2.55. The lowest BCUT2D eigenvalue weighted by molar-refractivity contribution is 0.0947. The van der Waals surface area contributed by atoms with Crippen LogP contribution in [0.15, 0.2) is 37.1 Å². The van der Waals surface area contributed by atoms with E-state index >= 15 is 0 Å². The molecule has 1 fully saturated rings. The summed E-state index contributed by atoms with van der Waals surface area (Å²) in [7, 11) is 0. The van der Waals surface area contributed by atoms with Crippen LogP contribution in [0.1, 0.15) is 28.8 Å². The molecule has 0 spiro atoms. The maximum Gasteiger partial charge on any atom is 0.256 e. The fourth-order valence-corrected chi connectivity index (χ4v) is 3.54. The third kappa shape index (κ3) is 3.60.